The molecule has 4 aromatic carbocycles. The van der Waals surface area contributed by atoms with Crippen LogP contribution in [-0.4, -0.2) is 38.2 Å². The van der Waals surface area contributed by atoms with Crippen molar-refractivity contribution in [2.75, 3.05) is 12.5 Å². The van der Waals surface area contributed by atoms with Gasteiger partial charge in [-0.25, -0.2) is 19.9 Å². The number of Topliss-reactive ketones (excluding diaryl/α,β-unsaturated/α-hetero) is 1. The maximum absolute atomic E-state index is 15.2. The van der Waals surface area contributed by atoms with Gasteiger partial charge in [-0.05, 0) is 95.4 Å². The number of carbonyl (C=O) groups is 1. The van der Waals surface area contributed by atoms with E-state index in [1.165, 1.54) is 23.5 Å². The molecule has 0 saturated heterocycles. The number of rotatable bonds is 16. The molecule has 2 atom stereocenters. The van der Waals surface area contributed by atoms with Gasteiger partial charge in [-0.15, -0.1) is 0 Å². The highest BCUT2D eigenvalue weighted by Gasteiger charge is 2.31. The van der Waals surface area contributed by atoms with E-state index in [0.29, 0.717) is 59.0 Å². The summed E-state index contributed by atoms with van der Waals surface area (Å²) in [4.78, 5) is 33.5. The van der Waals surface area contributed by atoms with Crippen LogP contribution in [-0.2, 0) is 30.8 Å². The van der Waals surface area contributed by atoms with Gasteiger partial charge in [0.2, 0.25) is 0 Å². The third kappa shape index (κ3) is 10.1. The fourth-order valence-corrected chi connectivity index (χ4v) is 6.68. The SMILES string of the molecule is CSc1nccc(CC(C(=O)C(Cc2ccnc(SC)n2)c2cccc(OCc3ccc(C#N)cc3)c2)c2cccc(OCc3ccc(C#N)cc3)c2)n1. The number of benzene rings is 4. The molecule has 268 valence electrons. The molecule has 2 aromatic heterocycles. The Morgan fingerprint density at radius 2 is 1.06 bits per heavy atom. The van der Waals surface area contributed by atoms with Crippen molar-refractivity contribution in [3.63, 3.8) is 0 Å². The number of hydrogen-bond donors (Lipinski definition) is 0. The maximum atomic E-state index is 15.2. The minimum atomic E-state index is -0.594. The highest BCUT2D eigenvalue weighted by molar-refractivity contribution is 7.98. The molecule has 0 bridgehead atoms. The quantitative estimate of drug-likeness (QED) is 0.0696. The normalized spacial score (nSPS) is 11.9. The first kappa shape index (κ1) is 37.7. The number of nitrogens with zero attached hydrogens (tertiary/aromatic N) is 6. The Balaban J connectivity index is 1.35. The lowest BCUT2D eigenvalue weighted by Gasteiger charge is -2.24. The van der Waals surface area contributed by atoms with Crippen molar-refractivity contribution >= 4 is 29.3 Å². The zero-order valence-corrected chi connectivity index (χ0v) is 31.4. The summed E-state index contributed by atoms with van der Waals surface area (Å²) in [5.41, 5.74) is 6.12. The van der Waals surface area contributed by atoms with Crippen LogP contribution in [0.2, 0.25) is 0 Å². The molecule has 0 N–H and O–H groups in total. The van der Waals surface area contributed by atoms with E-state index in [-0.39, 0.29) is 5.78 Å². The molecule has 6 rings (SSSR count). The van der Waals surface area contributed by atoms with E-state index < -0.39 is 11.8 Å². The third-order valence-electron chi connectivity index (χ3n) is 8.76. The molecule has 0 amide bonds. The van der Waals surface area contributed by atoms with Crippen LogP contribution in [0.3, 0.4) is 0 Å². The number of hydrogen-bond acceptors (Lipinski definition) is 11. The van der Waals surface area contributed by atoms with Gasteiger partial charge in [0.25, 0.3) is 0 Å². The minimum absolute atomic E-state index is 0.00267. The number of ether oxygens (including phenoxy) is 2. The van der Waals surface area contributed by atoms with Crippen LogP contribution in [0.1, 0.15) is 56.6 Å². The van der Waals surface area contributed by atoms with Crippen LogP contribution in [0, 0.1) is 22.7 Å². The van der Waals surface area contributed by atoms with Gasteiger partial charge in [0.05, 0.1) is 23.3 Å². The average Bonchev–Trinajstić information content (AvgIpc) is 3.23. The molecule has 0 saturated carbocycles. The average molecular weight is 749 g/mol. The van der Waals surface area contributed by atoms with Crippen molar-refractivity contribution in [1.82, 2.24) is 19.9 Å². The van der Waals surface area contributed by atoms with Crippen molar-refractivity contribution in [2.24, 2.45) is 0 Å². The number of thioether (sulfide) groups is 2. The Kier molecular flexibility index (Phi) is 13.0. The molecule has 2 unspecified atom stereocenters. The fourth-order valence-electron chi connectivity index (χ4n) is 5.93. The van der Waals surface area contributed by atoms with Gasteiger partial charge < -0.3 is 9.47 Å². The molecular formula is C43H36N6O3S2. The second-order valence-corrected chi connectivity index (χ2v) is 13.9. The predicted octanol–water partition coefficient (Wildman–Crippen LogP) is 8.53. The molecule has 2 heterocycles. The van der Waals surface area contributed by atoms with Crippen molar-refractivity contribution in [2.45, 2.75) is 48.2 Å². The first-order chi connectivity index (χ1) is 26.4. The number of ketones is 1. The van der Waals surface area contributed by atoms with Gasteiger partial charge in [0, 0.05) is 48.5 Å². The van der Waals surface area contributed by atoms with Crippen molar-refractivity contribution < 1.29 is 14.3 Å². The first-order valence-electron chi connectivity index (χ1n) is 17.1. The summed E-state index contributed by atoms with van der Waals surface area (Å²) < 4.78 is 12.4. The molecule has 9 nitrogen and oxygen atoms in total. The summed E-state index contributed by atoms with van der Waals surface area (Å²) in [6.07, 6.45) is 7.99. The standard InChI is InChI=1S/C43H36N6O3S2/c1-53-42-46-19-17-35(48-42)23-39(33-5-3-7-37(21-33)51-27-31-13-9-29(25-44)10-14-31)41(50)40(24-36-18-20-47-43(49-36)54-2)34-6-4-8-38(22-34)52-28-32-15-11-30(26-45)12-16-32/h3-22,39-40H,23-24,27-28H2,1-2H3. The Hall–Kier alpha value is -6.01. The van der Waals surface area contributed by atoms with Crippen LogP contribution in [0.15, 0.2) is 132 Å². The Bertz CT molecular complexity index is 2130. The van der Waals surface area contributed by atoms with E-state index in [1.54, 1.807) is 36.7 Å². The molecular weight excluding hydrogens is 713 g/mol. The molecule has 0 aliphatic rings. The molecule has 0 aliphatic heterocycles. The van der Waals surface area contributed by atoms with E-state index in [9.17, 15) is 10.5 Å². The second-order valence-electron chi connectivity index (χ2n) is 12.3. The Labute approximate surface area is 323 Å². The highest BCUT2D eigenvalue weighted by atomic mass is 32.2. The fraction of sp³-hybridized carbons (Fsp3) is 0.186. The summed E-state index contributed by atoms with van der Waals surface area (Å²) in [6, 6.07) is 37.9. The molecule has 54 heavy (non-hydrogen) atoms. The van der Waals surface area contributed by atoms with E-state index in [0.717, 1.165) is 33.6 Å². The van der Waals surface area contributed by atoms with Crippen molar-refractivity contribution in [1.29, 1.82) is 10.5 Å². The van der Waals surface area contributed by atoms with E-state index >= 15 is 4.79 Å². The molecule has 0 radical (unpaired) electrons. The zero-order chi connectivity index (χ0) is 37.7. The van der Waals surface area contributed by atoms with Crippen LogP contribution in [0.25, 0.3) is 0 Å². The third-order valence-corrected chi connectivity index (χ3v) is 9.88. The van der Waals surface area contributed by atoms with Gasteiger partial charge in [-0.3, -0.25) is 4.79 Å². The van der Waals surface area contributed by atoms with Crippen LogP contribution in [0.5, 0.6) is 11.5 Å². The number of carbonyl (C=O) groups excluding carboxylic acids is 1. The summed E-state index contributed by atoms with van der Waals surface area (Å²) >= 11 is 2.90. The topological polar surface area (TPSA) is 135 Å². The van der Waals surface area contributed by atoms with Crippen molar-refractivity contribution in [3.05, 3.63) is 166 Å². The van der Waals surface area contributed by atoms with Gasteiger partial charge in [-0.1, -0.05) is 72.1 Å². The van der Waals surface area contributed by atoms with Gasteiger partial charge in [0.1, 0.15) is 30.5 Å². The van der Waals surface area contributed by atoms with E-state index in [2.05, 4.69) is 22.1 Å². The maximum Gasteiger partial charge on any atom is 0.187 e. The van der Waals surface area contributed by atoms with Gasteiger partial charge in [0.15, 0.2) is 10.3 Å². The van der Waals surface area contributed by atoms with Crippen molar-refractivity contribution in [3.8, 4) is 23.6 Å². The zero-order valence-electron chi connectivity index (χ0n) is 29.8. The van der Waals surface area contributed by atoms with Crippen LogP contribution < -0.4 is 9.47 Å². The second kappa shape index (κ2) is 18.7. The lowest BCUT2D eigenvalue weighted by Crippen LogP contribution is -2.25. The van der Waals surface area contributed by atoms with Crippen LogP contribution >= 0.6 is 23.5 Å². The largest absolute Gasteiger partial charge is 0.489 e. The minimum Gasteiger partial charge on any atom is -0.489 e. The summed E-state index contributed by atoms with van der Waals surface area (Å²) in [6.45, 7) is 0.611. The number of nitriles is 2. The molecule has 0 fully saturated rings. The Morgan fingerprint density at radius 1 is 0.630 bits per heavy atom. The van der Waals surface area contributed by atoms with Gasteiger partial charge >= 0.3 is 0 Å². The Morgan fingerprint density at radius 3 is 1.44 bits per heavy atom. The molecule has 11 heteroatoms. The first-order valence-corrected chi connectivity index (χ1v) is 19.6. The smallest absolute Gasteiger partial charge is 0.187 e. The predicted molar refractivity (Wildman–Crippen MR) is 209 cm³/mol. The summed E-state index contributed by atoms with van der Waals surface area (Å²) in [7, 11) is 0. The molecule has 0 spiro atoms. The van der Waals surface area contributed by atoms with Crippen LogP contribution in [0.4, 0.5) is 0 Å². The number of aromatic nitrogens is 4. The van der Waals surface area contributed by atoms with E-state index in [4.69, 9.17) is 19.4 Å². The van der Waals surface area contributed by atoms with Gasteiger partial charge in [-0.2, -0.15) is 10.5 Å². The highest BCUT2D eigenvalue weighted by Crippen LogP contribution is 2.35. The lowest BCUT2D eigenvalue weighted by atomic mass is 9.79. The summed E-state index contributed by atoms with van der Waals surface area (Å²) in [5, 5.41) is 19.6. The lowest BCUT2D eigenvalue weighted by molar-refractivity contribution is -0.122. The summed E-state index contributed by atoms with van der Waals surface area (Å²) in [5.74, 6) is 0.0537. The molecule has 6 aromatic rings. The molecule has 0 aliphatic carbocycles. The van der Waals surface area contributed by atoms with E-state index in [1.807, 2.05) is 97.4 Å². The monoisotopic (exact) mass is 748 g/mol.